The number of fused-ring (bicyclic) bond motifs is 1. The van der Waals surface area contributed by atoms with Gasteiger partial charge in [0.15, 0.2) is 0 Å². The molecule has 0 bridgehead atoms. The van der Waals surface area contributed by atoms with E-state index in [1.807, 2.05) is 0 Å². The van der Waals surface area contributed by atoms with Gasteiger partial charge in [0.25, 0.3) is 17.7 Å². The lowest BCUT2D eigenvalue weighted by molar-refractivity contribution is -0.121. The summed E-state index contributed by atoms with van der Waals surface area (Å²) in [5.74, 6) is -1.99. The molecule has 0 aliphatic carbocycles. The highest BCUT2D eigenvalue weighted by Gasteiger charge is 2.35. The van der Waals surface area contributed by atoms with E-state index in [2.05, 4.69) is 31.8 Å². The molecule has 26 heavy (non-hydrogen) atoms. The second kappa shape index (κ2) is 7.44. The van der Waals surface area contributed by atoms with Gasteiger partial charge >= 0.3 is 0 Å². The quantitative estimate of drug-likeness (QED) is 0.576. The van der Waals surface area contributed by atoms with Crippen LogP contribution in [0.15, 0.2) is 47.1 Å². The van der Waals surface area contributed by atoms with Crippen molar-refractivity contribution in [2.75, 3.05) is 6.54 Å². The molecule has 0 atom stereocenters. The Morgan fingerprint density at radius 3 is 2.54 bits per heavy atom. The smallest absolute Gasteiger partial charge is 0.274 e. The SMILES string of the molecule is O=C(CCN1C(=O)c2ccc(Br)cc2C1=O)NNC(=O)c1ccccn1. The summed E-state index contributed by atoms with van der Waals surface area (Å²) in [4.78, 5) is 53.1. The van der Waals surface area contributed by atoms with Gasteiger partial charge in [0.05, 0.1) is 11.1 Å². The average Bonchev–Trinajstić information content (AvgIpc) is 2.88. The summed E-state index contributed by atoms with van der Waals surface area (Å²) in [7, 11) is 0. The maximum atomic E-state index is 12.3. The van der Waals surface area contributed by atoms with Gasteiger partial charge in [-0.1, -0.05) is 22.0 Å². The minimum atomic E-state index is -0.565. The molecule has 4 amide bonds. The van der Waals surface area contributed by atoms with Crippen LogP contribution in [-0.4, -0.2) is 40.1 Å². The van der Waals surface area contributed by atoms with Crippen LogP contribution in [0.2, 0.25) is 0 Å². The van der Waals surface area contributed by atoms with E-state index in [1.54, 1.807) is 30.3 Å². The van der Waals surface area contributed by atoms with Crippen molar-refractivity contribution in [3.05, 3.63) is 63.9 Å². The van der Waals surface area contributed by atoms with E-state index in [0.717, 1.165) is 4.90 Å². The van der Waals surface area contributed by atoms with Crippen molar-refractivity contribution in [1.82, 2.24) is 20.7 Å². The van der Waals surface area contributed by atoms with Crippen LogP contribution in [-0.2, 0) is 4.79 Å². The molecule has 0 fully saturated rings. The van der Waals surface area contributed by atoms with Crippen molar-refractivity contribution in [3.63, 3.8) is 0 Å². The molecule has 0 spiro atoms. The minimum Gasteiger partial charge on any atom is -0.274 e. The number of hydrazine groups is 1. The summed E-state index contributed by atoms with van der Waals surface area (Å²) in [6.45, 7) is -0.0880. The molecule has 1 aliphatic rings. The van der Waals surface area contributed by atoms with Crippen LogP contribution >= 0.6 is 15.9 Å². The molecule has 8 nitrogen and oxygen atoms in total. The zero-order valence-corrected chi connectivity index (χ0v) is 14.9. The maximum absolute atomic E-state index is 12.3. The van der Waals surface area contributed by atoms with E-state index in [9.17, 15) is 19.2 Å². The van der Waals surface area contributed by atoms with E-state index in [1.165, 1.54) is 12.3 Å². The molecular formula is C17H13BrN4O4. The van der Waals surface area contributed by atoms with E-state index >= 15 is 0 Å². The molecule has 132 valence electrons. The Morgan fingerprint density at radius 1 is 1.04 bits per heavy atom. The molecule has 2 N–H and O–H groups in total. The lowest BCUT2D eigenvalue weighted by atomic mass is 10.1. The van der Waals surface area contributed by atoms with Crippen molar-refractivity contribution in [2.45, 2.75) is 6.42 Å². The topological polar surface area (TPSA) is 108 Å². The molecule has 9 heteroatoms. The monoisotopic (exact) mass is 416 g/mol. The Morgan fingerprint density at radius 2 is 1.81 bits per heavy atom. The lowest BCUT2D eigenvalue weighted by Gasteiger charge is -2.13. The Kier molecular flexibility index (Phi) is 5.08. The predicted octanol–water partition coefficient (Wildman–Crippen LogP) is 1.29. The average molecular weight is 417 g/mol. The molecule has 1 aromatic heterocycles. The van der Waals surface area contributed by atoms with Crippen molar-refractivity contribution >= 4 is 39.6 Å². The molecule has 2 aromatic rings. The number of aromatic nitrogens is 1. The molecule has 0 saturated heterocycles. The van der Waals surface area contributed by atoms with Gasteiger partial charge in [-0.05, 0) is 30.3 Å². The van der Waals surface area contributed by atoms with Crippen LogP contribution in [0.5, 0.6) is 0 Å². The zero-order chi connectivity index (χ0) is 18.7. The first-order chi connectivity index (χ1) is 12.5. The molecule has 1 aromatic carbocycles. The first kappa shape index (κ1) is 17.7. The van der Waals surface area contributed by atoms with E-state index in [-0.39, 0.29) is 18.7 Å². The van der Waals surface area contributed by atoms with Crippen molar-refractivity contribution in [3.8, 4) is 0 Å². The molecule has 3 rings (SSSR count). The van der Waals surface area contributed by atoms with Crippen LogP contribution in [0.25, 0.3) is 0 Å². The largest absolute Gasteiger partial charge is 0.288 e. The van der Waals surface area contributed by atoms with Crippen LogP contribution in [0.1, 0.15) is 37.6 Å². The summed E-state index contributed by atoms with van der Waals surface area (Å²) in [6.07, 6.45) is 1.31. The number of carbonyl (C=O) groups is 4. The number of amides is 4. The fourth-order valence-corrected chi connectivity index (χ4v) is 2.79. The zero-order valence-electron chi connectivity index (χ0n) is 13.4. The van der Waals surface area contributed by atoms with Crippen LogP contribution < -0.4 is 10.9 Å². The standard InChI is InChI=1S/C17H13BrN4O4/c18-10-4-5-11-12(9-10)17(26)22(16(11)25)8-6-14(23)20-21-15(24)13-3-1-2-7-19-13/h1-5,7,9H,6,8H2,(H,20,23)(H,21,24). The normalized spacial score (nSPS) is 12.7. The highest BCUT2D eigenvalue weighted by Crippen LogP contribution is 2.25. The molecule has 0 unspecified atom stereocenters. The molecule has 1 aliphatic heterocycles. The van der Waals surface area contributed by atoms with Crippen LogP contribution in [0, 0.1) is 0 Å². The molecule has 0 radical (unpaired) electrons. The predicted molar refractivity (Wildman–Crippen MR) is 94.0 cm³/mol. The van der Waals surface area contributed by atoms with Crippen molar-refractivity contribution in [2.24, 2.45) is 0 Å². The number of hydrogen-bond acceptors (Lipinski definition) is 5. The van der Waals surface area contributed by atoms with E-state index in [4.69, 9.17) is 0 Å². The van der Waals surface area contributed by atoms with Gasteiger partial charge in [-0.2, -0.15) is 0 Å². The summed E-state index contributed by atoms with van der Waals surface area (Å²) in [6, 6.07) is 9.61. The lowest BCUT2D eigenvalue weighted by Crippen LogP contribution is -2.43. The van der Waals surface area contributed by atoms with Crippen molar-refractivity contribution < 1.29 is 19.2 Å². The highest BCUT2D eigenvalue weighted by atomic mass is 79.9. The number of nitrogens with one attached hydrogen (secondary N) is 2. The summed E-state index contributed by atoms with van der Waals surface area (Å²) in [5, 5.41) is 0. The second-order valence-corrected chi connectivity index (χ2v) is 6.33. The third-order valence-electron chi connectivity index (χ3n) is 3.71. The molecule has 0 saturated carbocycles. The molecular weight excluding hydrogens is 404 g/mol. The van der Waals surface area contributed by atoms with Crippen LogP contribution in [0.4, 0.5) is 0 Å². The van der Waals surface area contributed by atoms with Gasteiger partial charge in [-0.25, -0.2) is 0 Å². The van der Waals surface area contributed by atoms with Crippen molar-refractivity contribution in [1.29, 1.82) is 0 Å². The minimum absolute atomic E-state index is 0.0880. The van der Waals surface area contributed by atoms with Gasteiger partial charge in [0.1, 0.15) is 5.69 Å². The number of imide groups is 1. The van der Waals surface area contributed by atoms with E-state index < -0.39 is 23.6 Å². The summed E-state index contributed by atoms with van der Waals surface area (Å²) >= 11 is 3.26. The van der Waals surface area contributed by atoms with Gasteiger partial charge in [0.2, 0.25) is 5.91 Å². The van der Waals surface area contributed by atoms with Gasteiger partial charge in [-0.3, -0.25) is 39.9 Å². The Labute approximate surface area is 156 Å². The number of benzene rings is 1. The number of carbonyl (C=O) groups excluding carboxylic acids is 4. The van der Waals surface area contributed by atoms with Gasteiger partial charge in [0, 0.05) is 23.6 Å². The number of hydrogen-bond donors (Lipinski definition) is 2. The van der Waals surface area contributed by atoms with E-state index in [0.29, 0.717) is 15.6 Å². The fraction of sp³-hybridized carbons (Fsp3) is 0.118. The summed E-state index contributed by atoms with van der Waals surface area (Å²) in [5.41, 5.74) is 5.21. The van der Waals surface area contributed by atoms with Gasteiger partial charge < -0.3 is 0 Å². The van der Waals surface area contributed by atoms with Crippen LogP contribution in [0.3, 0.4) is 0 Å². The third kappa shape index (κ3) is 3.62. The fourth-order valence-electron chi connectivity index (χ4n) is 2.43. The number of pyridine rings is 1. The molecule has 2 heterocycles. The number of halogens is 1. The summed E-state index contributed by atoms with van der Waals surface area (Å²) < 4.78 is 0.689. The Bertz CT molecular complexity index is 901. The first-order valence-electron chi connectivity index (χ1n) is 7.63. The first-order valence-corrected chi connectivity index (χ1v) is 8.42. The Hall–Kier alpha value is -3.07. The van der Waals surface area contributed by atoms with Gasteiger partial charge in [-0.15, -0.1) is 0 Å². The number of nitrogens with zero attached hydrogens (tertiary/aromatic N) is 2. The Balaban J connectivity index is 1.53. The third-order valence-corrected chi connectivity index (χ3v) is 4.20. The maximum Gasteiger partial charge on any atom is 0.288 e. The second-order valence-electron chi connectivity index (χ2n) is 5.42. The highest BCUT2D eigenvalue weighted by molar-refractivity contribution is 9.10. The number of rotatable bonds is 4.